The number of aliphatic hydroxyl groups is 1. The van der Waals surface area contributed by atoms with Crippen molar-refractivity contribution in [1.82, 2.24) is 0 Å². The molecular formula is C17H30O2Si. The lowest BCUT2D eigenvalue weighted by atomic mass is 9.70. The zero-order valence-corrected chi connectivity index (χ0v) is 14.6. The van der Waals surface area contributed by atoms with E-state index in [-0.39, 0.29) is 11.1 Å². The molecule has 20 heavy (non-hydrogen) atoms. The number of fused-ring (bicyclic) bond motifs is 5. The number of allylic oxidation sites excluding steroid dienone is 2. The van der Waals surface area contributed by atoms with Gasteiger partial charge in [0.2, 0.25) is 0 Å². The predicted molar refractivity (Wildman–Crippen MR) is 85.0 cm³/mol. The average Bonchev–Trinajstić information content (AvgIpc) is 2.92. The van der Waals surface area contributed by atoms with E-state index in [0.717, 1.165) is 12.8 Å². The summed E-state index contributed by atoms with van der Waals surface area (Å²) in [6.45, 7) is 11.7. The molecule has 3 aliphatic carbocycles. The molecule has 0 aromatic carbocycles. The van der Waals surface area contributed by atoms with Crippen molar-refractivity contribution in [2.75, 3.05) is 0 Å². The summed E-state index contributed by atoms with van der Waals surface area (Å²) in [5.41, 5.74) is 0. The van der Waals surface area contributed by atoms with Crippen LogP contribution in [0.3, 0.4) is 0 Å². The maximum Gasteiger partial charge on any atom is 0.192 e. The summed E-state index contributed by atoms with van der Waals surface area (Å²) in [7, 11) is -1.71. The summed E-state index contributed by atoms with van der Waals surface area (Å²) in [6.07, 6.45) is 8.26. The van der Waals surface area contributed by atoms with Crippen LogP contribution >= 0.6 is 0 Å². The van der Waals surface area contributed by atoms with Crippen LogP contribution in [0.25, 0.3) is 0 Å². The van der Waals surface area contributed by atoms with Gasteiger partial charge in [-0.05, 0) is 61.1 Å². The van der Waals surface area contributed by atoms with Gasteiger partial charge in [-0.2, -0.15) is 0 Å². The molecule has 0 aliphatic heterocycles. The largest absolute Gasteiger partial charge is 0.414 e. The van der Waals surface area contributed by atoms with Gasteiger partial charge in [-0.25, -0.2) is 0 Å². The second-order valence-corrected chi connectivity index (χ2v) is 13.4. The summed E-state index contributed by atoms with van der Waals surface area (Å²) in [6, 6.07) is 0. The fraction of sp³-hybridized carbons (Fsp3) is 0.882. The van der Waals surface area contributed by atoms with Crippen molar-refractivity contribution < 1.29 is 9.53 Å². The van der Waals surface area contributed by atoms with E-state index in [1.54, 1.807) is 0 Å². The average molecular weight is 295 g/mol. The minimum atomic E-state index is -1.71. The van der Waals surface area contributed by atoms with Crippen molar-refractivity contribution in [2.45, 2.75) is 70.4 Å². The number of hydrogen-bond donors (Lipinski definition) is 1. The van der Waals surface area contributed by atoms with E-state index in [4.69, 9.17) is 4.43 Å². The first-order chi connectivity index (χ1) is 9.21. The molecule has 2 bridgehead atoms. The van der Waals surface area contributed by atoms with Crippen LogP contribution in [0.5, 0.6) is 0 Å². The van der Waals surface area contributed by atoms with Crippen LogP contribution in [-0.2, 0) is 4.43 Å². The quantitative estimate of drug-likeness (QED) is 0.617. The van der Waals surface area contributed by atoms with Gasteiger partial charge in [0.05, 0.1) is 6.10 Å². The van der Waals surface area contributed by atoms with E-state index in [1.165, 1.54) is 6.42 Å². The van der Waals surface area contributed by atoms with Crippen LogP contribution in [0.4, 0.5) is 0 Å². The molecule has 0 spiro atoms. The Morgan fingerprint density at radius 3 is 2.25 bits per heavy atom. The van der Waals surface area contributed by atoms with Crippen molar-refractivity contribution in [3.8, 4) is 0 Å². The van der Waals surface area contributed by atoms with Gasteiger partial charge in [-0.3, -0.25) is 0 Å². The van der Waals surface area contributed by atoms with E-state index >= 15 is 0 Å². The highest BCUT2D eigenvalue weighted by Gasteiger charge is 2.54. The SMILES string of the molecule is CC(C)(C)[Si](C)(C)O[C@H]1CC[C@@H](O)[C@@H]2[C@H]1[C@@H]1C=C[C@H]2C1. The molecule has 2 saturated carbocycles. The van der Waals surface area contributed by atoms with Gasteiger partial charge in [-0.15, -0.1) is 0 Å². The molecule has 0 unspecified atom stereocenters. The van der Waals surface area contributed by atoms with Gasteiger partial charge < -0.3 is 9.53 Å². The van der Waals surface area contributed by atoms with Gasteiger partial charge in [0.1, 0.15) is 0 Å². The Morgan fingerprint density at radius 2 is 1.65 bits per heavy atom. The smallest absolute Gasteiger partial charge is 0.192 e. The van der Waals surface area contributed by atoms with Crippen LogP contribution in [0.2, 0.25) is 18.1 Å². The van der Waals surface area contributed by atoms with Gasteiger partial charge in [0.25, 0.3) is 0 Å². The summed E-state index contributed by atoms with van der Waals surface area (Å²) in [4.78, 5) is 0. The number of hydrogen-bond acceptors (Lipinski definition) is 2. The van der Waals surface area contributed by atoms with Crippen molar-refractivity contribution in [3.63, 3.8) is 0 Å². The molecule has 0 radical (unpaired) electrons. The summed E-state index contributed by atoms with van der Waals surface area (Å²) < 4.78 is 6.75. The van der Waals surface area contributed by atoms with E-state index in [0.29, 0.717) is 29.8 Å². The molecule has 2 nitrogen and oxygen atoms in total. The van der Waals surface area contributed by atoms with Gasteiger partial charge in [-0.1, -0.05) is 32.9 Å². The summed E-state index contributed by atoms with van der Waals surface area (Å²) in [5.74, 6) is 2.32. The Hall–Kier alpha value is -0.123. The molecule has 0 aromatic rings. The molecular weight excluding hydrogens is 264 g/mol. The lowest BCUT2D eigenvalue weighted by molar-refractivity contribution is -0.0417. The Bertz CT molecular complexity index is 410. The fourth-order valence-electron chi connectivity index (χ4n) is 4.38. The lowest BCUT2D eigenvalue weighted by Crippen LogP contribution is -2.51. The normalized spacial score (nSPS) is 43.9. The minimum absolute atomic E-state index is 0.0979. The number of aliphatic hydroxyl groups excluding tert-OH is 1. The van der Waals surface area contributed by atoms with Crippen LogP contribution in [0.1, 0.15) is 40.0 Å². The second kappa shape index (κ2) is 4.69. The van der Waals surface area contributed by atoms with Crippen LogP contribution in [0.15, 0.2) is 12.2 Å². The molecule has 0 saturated heterocycles. The first-order valence-corrected chi connectivity index (χ1v) is 11.2. The van der Waals surface area contributed by atoms with Crippen molar-refractivity contribution in [2.24, 2.45) is 23.7 Å². The summed E-state index contributed by atoms with van der Waals surface area (Å²) >= 11 is 0. The Balaban J connectivity index is 1.80. The van der Waals surface area contributed by atoms with E-state index in [1.807, 2.05) is 0 Å². The topological polar surface area (TPSA) is 29.5 Å². The zero-order valence-electron chi connectivity index (χ0n) is 13.6. The van der Waals surface area contributed by atoms with E-state index < -0.39 is 8.32 Å². The van der Waals surface area contributed by atoms with Gasteiger partial charge in [0.15, 0.2) is 8.32 Å². The highest BCUT2D eigenvalue weighted by molar-refractivity contribution is 6.74. The summed E-state index contributed by atoms with van der Waals surface area (Å²) in [5, 5.41) is 10.7. The van der Waals surface area contributed by atoms with Crippen molar-refractivity contribution >= 4 is 8.32 Å². The monoisotopic (exact) mass is 294 g/mol. The molecule has 3 rings (SSSR count). The van der Waals surface area contributed by atoms with E-state index in [2.05, 4.69) is 46.0 Å². The molecule has 0 heterocycles. The third-order valence-electron chi connectivity index (χ3n) is 6.46. The molecule has 0 amide bonds. The first kappa shape index (κ1) is 14.8. The second-order valence-electron chi connectivity index (χ2n) is 8.66. The Kier molecular flexibility index (Phi) is 3.47. The third-order valence-corrected chi connectivity index (χ3v) is 11.0. The third kappa shape index (κ3) is 2.22. The first-order valence-electron chi connectivity index (χ1n) is 8.25. The Labute approximate surface area is 124 Å². The molecule has 2 fully saturated rings. The van der Waals surface area contributed by atoms with Crippen LogP contribution in [-0.4, -0.2) is 25.6 Å². The zero-order chi connectivity index (χ0) is 14.7. The molecule has 6 atom stereocenters. The van der Waals surface area contributed by atoms with Crippen LogP contribution in [0, 0.1) is 23.7 Å². The molecule has 1 N–H and O–H groups in total. The molecule has 3 heteroatoms. The van der Waals surface area contributed by atoms with Crippen molar-refractivity contribution in [3.05, 3.63) is 12.2 Å². The highest BCUT2D eigenvalue weighted by Crippen LogP contribution is 2.55. The highest BCUT2D eigenvalue weighted by atomic mass is 28.4. The number of rotatable bonds is 2. The molecule has 0 aromatic heterocycles. The standard InChI is InChI=1S/C17H30O2Si/c1-17(2,3)20(4,5)19-14-9-8-13(18)15-11-6-7-12(10-11)16(14)15/h6-7,11-16,18H,8-10H2,1-5H3/t11-,12+,13+,14-,15+,16-/m0/s1. The van der Waals surface area contributed by atoms with Crippen molar-refractivity contribution in [1.29, 1.82) is 0 Å². The lowest BCUT2D eigenvalue weighted by Gasteiger charge is -2.47. The predicted octanol–water partition coefficient (Wildman–Crippen LogP) is 3.97. The van der Waals surface area contributed by atoms with Gasteiger partial charge in [0, 0.05) is 6.10 Å². The minimum Gasteiger partial charge on any atom is -0.414 e. The molecule has 3 aliphatic rings. The Morgan fingerprint density at radius 1 is 1.05 bits per heavy atom. The fourth-order valence-corrected chi connectivity index (χ4v) is 5.76. The van der Waals surface area contributed by atoms with Crippen LogP contribution < -0.4 is 0 Å². The van der Waals surface area contributed by atoms with Gasteiger partial charge >= 0.3 is 0 Å². The van der Waals surface area contributed by atoms with E-state index in [9.17, 15) is 5.11 Å². The maximum atomic E-state index is 10.4. The molecule has 114 valence electrons. The maximum absolute atomic E-state index is 10.4.